The first-order valence-corrected chi connectivity index (χ1v) is 27.4. The highest BCUT2D eigenvalue weighted by atomic mass is 16.3. The van der Waals surface area contributed by atoms with Crippen molar-refractivity contribution in [1.82, 2.24) is 0 Å². The minimum atomic E-state index is -0.103. The molecule has 0 fully saturated rings. The van der Waals surface area contributed by atoms with Gasteiger partial charge in [0.15, 0.2) is 22.3 Å². The van der Waals surface area contributed by atoms with Gasteiger partial charge in [-0.05, 0) is 136 Å². The SMILES string of the molecule is Cc1ccccc1N(c1ccc2cc3c(cc2c1)oc1c(C#N)c2oc4cc5cc(N(c6ccccc6C)c6cccc7c6oc6c(C(C)(C)C)cccc67)ccc5cc4c2cc13)c1cccc2c1oc1c(C(C)(C)C)cccc12. The molecule has 4 aromatic heterocycles. The molecule has 7 heteroatoms. The molecule has 0 aliphatic carbocycles. The summed E-state index contributed by atoms with van der Waals surface area (Å²) >= 11 is 0. The lowest BCUT2D eigenvalue weighted by atomic mass is 9.86. The molecule has 4 heterocycles. The van der Waals surface area contributed by atoms with Gasteiger partial charge in [0.1, 0.15) is 34.0 Å². The van der Waals surface area contributed by atoms with E-state index >= 15 is 0 Å². The van der Waals surface area contributed by atoms with Crippen LogP contribution in [-0.4, -0.2) is 0 Å². The van der Waals surface area contributed by atoms with Gasteiger partial charge in [-0.3, -0.25) is 0 Å². The predicted octanol–water partition coefficient (Wildman–Crippen LogP) is 21.6. The van der Waals surface area contributed by atoms with E-state index in [-0.39, 0.29) is 10.8 Å². The number of aryl methyl sites for hydroxylation is 2. The van der Waals surface area contributed by atoms with Gasteiger partial charge in [0.2, 0.25) is 0 Å². The number of hydrogen-bond acceptors (Lipinski definition) is 7. The zero-order valence-corrected chi connectivity index (χ0v) is 45.9. The van der Waals surface area contributed by atoms with E-state index in [4.69, 9.17) is 17.7 Å². The summed E-state index contributed by atoms with van der Waals surface area (Å²) in [7, 11) is 0. The average molecular weight is 1040 g/mol. The molecule has 15 rings (SSSR count). The van der Waals surface area contributed by atoms with Crippen LogP contribution in [0.3, 0.4) is 0 Å². The first-order valence-electron chi connectivity index (χ1n) is 27.4. The Balaban J connectivity index is 0.857. The Morgan fingerprint density at radius 1 is 0.338 bits per heavy atom. The molecule has 0 aliphatic rings. The maximum Gasteiger partial charge on any atom is 0.159 e. The first-order chi connectivity index (χ1) is 38.7. The highest BCUT2D eigenvalue weighted by Gasteiger charge is 2.28. The predicted molar refractivity (Wildman–Crippen MR) is 332 cm³/mol. The van der Waals surface area contributed by atoms with Crippen molar-refractivity contribution in [3.63, 3.8) is 0 Å². The third kappa shape index (κ3) is 7.11. The Labute approximate surface area is 462 Å². The lowest BCUT2D eigenvalue weighted by molar-refractivity contribution is 0.572. The van der Waals surface area contributed by atoms with Crippen LogP contribution in [0.5, 0.6) is 0 Å². The van der Waals surface area contributed by atoms with Crippen molar-refractivity contribution >= 4 is 143 Å². The number of para-hydroxylation sites is 6. The third-order valence-corrected chi connectivity index (χ3v) is 16.5. The fourth-order valence-corrected chi connectivity index (χ4v) is 12.6. The van der Waals surface area contributed by atoms with E-state index in [1.165, 1.54) is 11.1 Å². The number of hydrogen-bond donors (Lipinski definition) is 0. The molecule has 0 N–H and O–H groups in total. The molecule has 0 atom stereocenters. The molecule has 80 heavy (non-hydrogen) atoms. The molecule has 0 aliphatic heterocycles. The number of anilines is 6. The van der Waals surface area contributed by atoms with Gasteiger partial charge in [-0.2, -0.15) is 5.26 Å². The smallest absolute Gasteiger partial charge is 0.159 e. The summed E-state index contributed by atoms with van der Waals surface area (Å²) in [6.45, 7) is 17.7. The fourth-order valence-electron chi connectivity index (χ4n) is 12.6. The summed E-state index contributed by atoms with van der Waals surface area (Å²) in [5, 5.41) is 23.0. The summed E-state index contributed by atoms with van der Waals surface area (Å²) in [6, 6.07) is 69.2. The first kappa shape index (κ1) is 47.4. The van der Waals surface area contributed by atoms with E-state index in [0.29, 0.717) is 27.9 Å². The van der Waals surface area contributed by atoms with E-state index in [1.807, 2.05) is 0 Å². The van der Waals surface area contributed by atoms with Gasteiger partial charge in [0.05, 0.1) is 11.4 Å². The van der Waals surface area contributed by atoms with Crippen molar-refractivity contribution in [2.24, 2.45) is 0 Å². The van der Waals surface area contributed by atoms with E-state index in [1.54, 1.807) is 0 Å². The van der Waals surface area contributed by atoms with Crippen LogP contribution in [0.1, 0.15) is 69.4 Å². The Kier molecular flexibility index (Phi) is 10.1. The van der Waals surface area contributed by atoms with Crippen molar-refractivity contribution in [3.8, 4) is 6.07 Å². The van der Waals surface area contributed by atoms with Crippen LogP contribution in [-0.2, 0) is 10.8 Å². The van der Waals surface area contributed by atoms with Gasteiger partial charge in [0.25, 0.3) is 0 Å². The van der Waals surface area contributed by atoms with Crippen LogP contribution >= 0.6 is 0 Å². The van der Waals surface area contributed by atoms with Crippen LogP contribution in [0, 0.1) is 25.2 Å². The Bertz CT molecular complexity index is 4850. The molecule has 0 bridgehead atoms. The van der Waals surface area contributed by atoms with Crippen LogP contribution in [0.2, 0.25) is 0 Å². The summed E-state index contributed by atoms with van der Waals surface area (Å²) in [5.74, 6) is 0. The molecule has 386 valence electrons. The minimum absolute atomic E-state index is 0.103. The number of benzene rings is 11. The summed E-state index contributed by atoms with van der Waals surface area (Å²) in [6.07, 6.45) is 0. The van der Waals surface area contributed by atoms with Gasteiger partial charge in [-0.25, -0.2) is 0 Å². The number of nitrogens with zero attached hydrogens (tertiary/aromatic N) is 3. The van der Waals surface area contributed by atoms with Crippen molar-refractivity contribution in [2.75, 3.05) is 9.80 Å². The molecular formula is C73H55N3O4. The second kappa shape index (κ2) is 17.1. The number of fused-ring (bicyclic) bond motifs is 14. The summed E-state index contributed by atoms with van der Waals surface area (Å²) < 4.78 is 27.5. The number of furan rings is 4. The lowest BCUT2D eigenvalue weighted by Gasteiger charge is -2.27. The highest BCUT2D eigenvalue weighted by Crippen LogP contribution is 2.49. The second-order valence-electron chi connectivity index (χ2n) is 23.7. The topological polar surface area (TPSA) is 82.8 Å². The molecule has 0 saturated heterocycles. The molecule has 11 aromatic carbocycles. The monoisotopic (exact) mass is 1040 g/mol. The van der Waals surface area contributed by atoms with Crippen molar-refractivity contribution in [3.05, 3.63) is 216 Å². The zero-order chi connectivity index (χ0) is 54.5. The van der Waals surface area contributed by atoms with Gasteiger partial charge >= 0.3 is 0 Å². The van der Waals surface area contributed by atoms with Crippen LogP contribution in [0.4, 0.5) is 34.1 Å². The minimum Gasteiger partial charge on any atom is -0.454 e. The molecule has 0 saturated carbocycles. The van der Waals surface area contributed by atoms with E-state index < -0.39 is 0 Å². The van der Waals surface area contributed by atoms with Crippen LogP contribution in [0.25, 0.3) is 109 Å². The van der Waals surface area contributed by atoms with E-state index in [2.05, 4.69) is 259 Å². The van der Waals surface area contributed by atoms with Gasteiger partial charge in [-0.1, -0.05) is 151 Å². The quantitative estimate of drug-likeness (QED) is 0.164. The maximum atomic E-state index is 11.0. The largest absolute Gasteiger partial charge is 0.454 e. The highest BCUT2D eigenvalue weighted by molar-refractivity contribution is 6.21. The summed E-state index contributed by atoms with van der Waals surface area (Å²) in [4.78, 5) is 4.61. The molecular weight excluding hydrogens is 983 g/mol. The normalized spacial score (nSPS) is 12.5. The molecule has 0 spiro atoms. The molecule has 0 radical (unpaired) electrons. The van der Waals surface area contributed by atoms with Gasteiger partial charge < -0.3 is 27.5 Å². The molecule has 15 aromatic rings. The van der Waals surface area contributed by atoms with E-state index in [0.717, 1.165) is 132 Å². The second-order valence-corrected chi connectivity index (χ2v) is 23.7. The van der Waals surface area contributed by atoms with Crippen molar-refractivity contribution in [1.29, 1.82) is 5.26 Å². The van der Waals surface area contributed by atoms with Crippen LogP contribution < -0.4 is 9.80 Å². The Morgan fingerprint density at radius 3 is 1.15 bits per heavy atom. The standard InChI is InChI=1S/C73H55N3O4/c1-41-17-9-11-25-60(41)75(62-27-15-21-51-49-19-13-23-58(72(3,4)5)68(49)79-70(51)62)47-31-29-43-35-53-55-39-56-54-36-44-30-32-48(34-46(44)38-65(54)78-67(56)57(40-74)66(55)77-64(53)37-45(43)33-47)76(61-26-12-10-18-42(61)2)63-28-16-22-52-50-20-14-24-59(73(6,7)8)69(50)80-71(52)63/h9-39H,1-8H3. The molecule has 0 unspecified atom stereocenters. The Morgan fingerprint density at radius 2 is 0.738 bits per heavy atom. The van der Waals surface area contributed by atoms with Crippen LogP contribution in [0.15, 0.2) is 206 Å². The zero-order valence-electron chi connectivity index (χ0n) is 45.9. The third-order valence-electron chi connectivity index (χ3n) is 16.5. The fraction of sp³-hybridized carbons (Fsp3) is 0.137. The maximum absolute atomic E-state index is 11.0. The van der Waals surface area contributed by atoms with Crippen molar-refractivity contribution < 1.29 is 17.7 Å². The molecule has 7 nitrogen and oxygen atoms in total. The number of rotatable bonds is 6. The number of nitriles is 1. The Hall–Kier alpha value is -9.77. The van der Waals surface area contributed by atoms with Gasteiger partial charge in [0, 0.05) is 77.0 Å². The van der Waals surface area contributed by atoms with Crippen molar-refractivity contribution in [2.45, 2.75) is 66.2 Å². The molecule has 0 amide bonds. The summed E-state index contributed by atoms with van der Waals surface area (Å²) in [5.41, 5.74) is 16.7. The average Bonchev–Trinajstić information content (AvgIpc) is 4.38. The van der Waals surface area contributed by atoms with Gasteiger partial charge in [-0.15, -0.1) is 0 Å². The lowest BCUT2D eigenvalue weighted by Crippen LogP contribution is -2.11. The van der Waals surface area contributed by atoms with E-state index in [9.17, 15) is 5.26 Å².